The Labute approximate surface area is 122 Å². The molecule has 0 bridgehead atoms. The third-order valence-electron chi connectivity index (χ3n) is 3.30. The molecule has 1 aliphatic heterocycles. The van der Waals surface area contributed by atoms with Crippen LogP contribution in [0.4, 0.5) is 0 Å². The number of hydrogen-bond donors (Lipinski definition) is 0. The molecule has 1 aliphatic rings. The van der Waals surface area contributed by atoms with Crippen LogP contribution in [0.15, 0.2) is 28.8 Å². The Balaban J connectivity index is 1.64. The summed E-state index contributed by atoms with van der Waals surface area (Å²) in [7, 11) is 0. The van der Waals surface area contributed by atoms with Crippen molar-refractivity contribution in [2.24, 2.45) is 0 Å². The molecule has 2 heterocycles. The highest BCUT2D eigenvalue weighted by molar-refractivity contribution is 6.30. The zero-order valence-electron chi connectivity index (χ0n) is 11.3. The molecule has 1 saturated heterocycles. The highest BCUT2D eigenvalue weighted by Crippen LogP contribution is 2.21. The van der Waals surface area contributed by atoms with Crippen molar-refractivity contribution < 1.29 is 9.26 Å². The molecule has 0 amide bonds. The molecule has 2 aromatic rings. The van der Waals surface area contributed by atoms with E-state index in [9.17, 15) is 0 Å². The van der Waals surface area contributed by atoms with Crippen LogP contribution in [0, 0.1) is 6.92 Å². The summed E-state index contributed by atoms with van der Waals surface area (Å²) in [6.45, 7) is 4.99. The predicted molar refractivity (Wildman–Crippen MR) is 74.5 cm³/mol. The van der Waals surface area contributed by atoms with Gasteiger partial charge in [-0.25, -0.2) is 0 Å². The normalized spacial score (nSPS) is 20.2. The summed E-state index contributed by atoms with van der Waals surface area (Å²) in [6, 6.07) is 7.92. The number of rotatable bonds is 3. The Kier molecular flexibility index (Phi) is 4.00. The van der Waals surface area contributed by atoms with Gasteiger partial charge in [0.15, 0.2) is 0 Å². The highest BCUT2D eigenvalue weighted by Gasteiger charge is 2.25. The molecular formula is C14H16ClN3O2. The lowest BCUT2D eigenvalue weighted by molar-refractivity contribution is -0.0380. The Bertz CT molecular complexity index is 570. The second-order valence-electron chi connectivity index (χ2n) is 4.89. The van der Waals surface area contributed by atoms with Crippen molar-refractivity contribution in [3.05, 3.63) is 46.6 Å². The molecule has 1 aromatic heterocycles. The van der Waals surface area contributed by atoms with E-state index in [1.807, 2.05) is 24.3 Å². The van der Waals surface area contributed by atoms with Crippen LogP contribution in [-0.2, 0) is 11.3 Å². The van der Waals surface area contributed by atoms with Gasteiger partial charge in [0.25, 0.3) is 0 Å². The van der Waals surface area contributed by atoms with Crippen molar-refractivity contribution in [1.82, 2.24) is 15.0 Å². The zero-order valence-corrected chi connectivity index (χ0v) is 12.0. The largest absolute Gasteiger partial charge is 0.367 e. The van der Waals surface area contributed by atoms with E-state index in [2.05, 4.69) is 15.0 Å². The van der Waals surface area contributed by atoms with Gasteiger partial charge in [0.1, 0.15) is 6.10 Å². The standard InChI is InChI=1S/C14H16ClN3O2/c1-10-16-14(17-20-10)13-9-18(6-7-19-13)8-11-2-4-12(15)5-3-11/h2-5,13H,6-9H2,1H3. The van der Waals surface area contributed by atoms with Crippen LogP contribution < -0.4 is 0 Å². The maximum absolute atomic E-state index is 5.90. The summed E-state index contributed by atoms with van der Waals surface area (Å²) in [5.74, 6) is 1.20. The third kappa shape index (κ3) is 3.17. The summed E-state index contributed by atoms with van der Waals surface area (Å²) >= 11 is 5.90. The van der Waals surface area contributed by atoms with Crippen molar-refractivity contribution in [2.45, 2.75) is 19.6 Å². The minimum Gasteiger partial charge on any atom is -0.367 e. The summed E-state index contributed by atoms with van der Waals surface area (Å²) < 4.78 is 10.7. The topological polar surface area (TPSA) is 51.4 Å². The number of nitrogens with zero attached hydrogens (tertiary/aromatic N) is 3. The van der Waals surface area contributed by atoms with Crippen LogP contribution in [0.3, 0.4) is 0 Å². The van der Waals surface area contributed by atoms with E-state index >= 15 is 0 Å². The number of ether oxygens (including phenoxy) is 1. The van der Waals surface area contributed by atoms with E-state index < -0.39 is 0 Å². The molecule has 3 rings (SSSR count). The smallest absolute Gasteiger partial charge is 0.223 e. The summed E-state index contributed by atoms with van der Waals surface area (Å²) in [6.07, 6.45) is -0.117. The molecular weight excluding hydrogens is 278 g/mol. The van der Waals surface area contributed by atoms with Gasteiger partial charge in [-0.2, -0.15) is 4.98 Å². The van der Waals surface area contributed by atoms with E-state index in [0.29, 0.717) is 18.3 Å². The molecule has 1 unspecified atom stereocenters. The van der Waals surface area contributed by atoms with Crippen molar-refractivity contribution in [3.63, 3.8) is 0 Å². The summed E-state index contributed by atoms with van der Waals surface area (Å²) in [5.41, 5.74) is 1.24. The number of benzene rings is 1. The van der Waals surface area contributed by atoms with Crippen LogP contribution in [0.1, 0.15) is 23.4 Å². The highest BCUT2D eigenvalue weighted by atomic mass is 35.5. The van der Waals surface area contributed by atoms with Gasteiger partial charge in [0.2, 0.25) is 11.7 Å². The van der Waals surface area contributed by atoms with Crippen LogP contribution in [0.25, 0.3) is 0 Å². The van der Waals surface area contributed by atoms with E-state index in [1.165, 1.54) is 5.56 Å². The summed E-state index contributed by atoms with van der Waals surface area (Å²) in [5, 5.41) is 4.70. The Morgan fingerprint density at radius 3 is 2.85 bits per heavy atom. The molecule has 106 valence electrons. The van der Waals surface area contributed by atoms with Crippen molar-refractivity contribution in [1.29, 1.82) is 0 Å². The minimum atomic E-state index is -0.117. The van der Waals surface area contributed by atoms with Crippen molar-refractivity contribution >= 4 is 11.6 Å². The van der Waals surface area contributed by atoms with Crippen LogP contribution in [-0.4, -0.2) is 34.7 Å². The molecule has 1 atom stereocenters. The third-order valence-corrected chi connectivity index (χ3v) is 3.55. The molecule has 20 heavy (non-hydrogen) atoms. The monoisotopic (exact) mass is 293 g/mol. The molecule has 6 heteroatoms. The van der Waals surface area contributed by atoms with Gasteiger partial charge in [-0.05, 0) is 17.7 Å². The fourth-order valence-corrected chi connectivity index (χ4v) is 2.42. The van der Waals surface area contributed by atoms with Crippen LogP contribution in [0.5, 0.6) is 0 Å². The van der Waals surface area contributed by atoms with Gasteiger partial charge in [0, 0.05) is 31.6 Å². The van der Waals surface area contributed by atoms with Crippen molar-refractivity contribution in [3.8, 4) is 0 Å². The average Bonchev–Trinajstić information content (AvgIpc) is 2.89. The maximum atomic E-state index is 5.90. The van der Waals surface area contributed by atoms with E-state index in [-0.39, 0.29) is 6.10 Å². The first kappa shape index (κ1) is 13.5. The second-order valence-corrected chi connectivity index (χ2v) is 5.33. The molecule has 1 fully saturated rings. The predicted octanol–water partition coefficient (Wildman–Crippen LogP) is 2.60. The van der Waals surface area contributed by atoms with Gasteiger partial charge in [-0.15, -0.1) is 0 Å². The molecule has 0 N–H and O–H groups in total. The molecule has 1 aromatic carbocycles. The Morgan fingerprint density at radius 1 is 1.35 bits per heavy atom. The lowest BCUT2D eigenvalue weighted by atomic mass is 10.2. The first-order chi connectivity index (χ1) is 9.70. The lowest BCUT2D eigenvalue weighted by Crippen LogP contribution is -2.38. The minimum absolute atomic E-state index is 0.117. The molecule has 0 spiro atoms. The van der Waals surface area contributed by atoms with E-state index in [4.69, 9.17) is 20.9 Å². The van der Waals surface area contributed by atoms with E-state index in [1.54, 1.807) is 6.92 Å². The number of aryl methyl sites for hydroxylation is 1. The number of aromatic nitrogens is 2. The lowest BCUT2D eigenvalue weighted by Gasteiger charge is -2.31. The molecule has 5 nitrogen and oxygen atoms in total. The first-order valence-corrected chi connectivity index (χ1v) is 6.97. The van der Waals surface area contributed by atoms with Gasteiger partial charge >= 0.3 is 0 Å². The number of halogens is 1. The van der Waals surface area contributed by atoms with Gasteiger partial charge in [-0.1, -0.05) is 28.9 Å². The molecule has 0 radical (unpaired) electrons. The second kappa shape index (κ2) is 5.91. The Morgan fingerprint density at radius 2 is 2.15 bits per heavy atom. The average molecular weight is 294 g/mol. The summed E-state index contributed by atoms with van der Waals surface area (Å²) in [4.78, 5) is 6.56. The quantitative estimate of drug-likeness (QED) is 0.870. The van der Waals surface area contributed by atoms with Crippen LogP contribution in [0.2, 0.25) is 5.02 Å². The maximum Gasteiger partial charge on any atom is 0.223 e. The first-order valence-electron chi connectivity index (χ1n) is 6.59. The van der Waals surface area contributed by atoms with Crippen molar-refractivity contribution in [2.75, 3.05) is 19.7 Å². The van der Waals surface area contributed by atoms with Gasteiger partial charge in [-0.3, -0.25) is 4.90 Å². The SMILES string of the molecule is Cc1nc(C2CN(Cc3ccc(Cl)cc3)CCO2)no1. The fraction of sp³-hybridized carbons (Fsp3) is 0.429. The van der Waals surface area contributed by atoms with Crippen LogP contribution >= 0.6 is 11.6 Å². The zero-order chi connectivity index (χ0) is 13.9. The molecule has 0 aliphatic carbocycles. The molecule has 0 saturated carbocycles. The van der Waals surface area contributed by atoms with Gasteiger partial charge in [0.05, 0.1) is 6.61 Å². The Hall–Kier alpha value is -1.43. The number of hydrogen-bond acceptors (Lipinski definition) is 5. The fourth-order valence-electron chi connectivity index (χ4n) is 2.30. The number of morpholine rings is 1. The van der Waals surface area contributed by atoms with Gasteiger partial charge < -0.3 is 9.26 Å². The van der Waals surface area contributed by atoms with E-state index in [0.717, 1.165) is 24.7 Å².